The Labute approximate surface area is 339 Å². The first-order chi connectivity index (χ1) is 28.1. The summed E-state index contributed by atoms with van der Waals surface area (Å²) in [4.78, 5) is 2.44. The quantitative estimate of drug-likeness (QED) is 0.169. The number of hydrogen-bond donors (Lipinski definition) is 0. The molecule has 3 heteroatoms. The molecule has 0 aliphatic heterocycles. The molecule has 2 aromatic heterocycles. The molecule has 0 saturated carbocycles. The topological polar surface area (TPSA) is 3.24 Å². The van der Waals surface area contributed by atoms with Gasteiger partial charge >= 0.3 is 0 Å². The standard InChI is InChI=1S/C54H35NS2/c1-54(48-19-8-5-16-40(48)41-17-6-9-20-49(41)54)36-14-11-15-38(32-36)55(37-24-22-35(23-25-37)34-12-3-2-4-13-34)39-26-27-43-45-29-31-46-47(53(45)57-51(43)33-39)30-28-44-42-18-7-10-21-50(42)56-52(44)46/h2-33H,1H3. The molecule has 12 rings (SSSR count). The fourth-order valence-corrected chi connectivity index (χ4v) is 12.0. The van der Waals surface area contributed by atoms with Gasteiger partial charge in [0, 0.05) is 73.6 Å². The van der Waals surface area contributed by atoms with Gasteiger partial charge in [-0.2, -0.15) is 0 Å². The Bertz CT molecular complexity index is 3320. The van der Waals surface area contributed by atoms with Crippen molar-refractivity contribution in [2.75, 3.05) is 4.90 Å². The zero-order chi connectivity index (χ0) is 37.7. The van der Waals surface area contributed by atoms with Crippen LogP contribution in [0.5, 0.6) is 0 Å². The highest BCUT2D eigenvalue weighted by Crippen LogP contribution is 2.53. The van der Waals surface area contributed by atoms with E-state index in [2.05, 4.69) is 206 Å². The van der Waals surface area contributed by atoms with Gasteiger partial charge in [-0.05, 0) is 88.3 Å². The molecule has 0 radical (unpaired) electrons. The Hall–Kier alpha value is -6.52. The SMILES string of the molecule is CC1(c2cccc(N(c3ccc(-c4ccccc4)cc3)c3ccc4c(c3)sc3c4ccc4c3ccc3c5ccccc5sc34)c2)c2ccccc2-c2ccccc21. The van der Waals surface area contributed by atoms with Crippen molar-refractivity contribution < 1.29 is 0 Å². The van der Waals surface area contributed by atoms with E-state index in [0.717, 1.165) is 17.1 Å². The van der Waals surface area contributed by atoms with E-state index in [-0.39, 0.29) is 5.41 Å². The molecular weight excluding hydrogens is 727 g/mol. The highest BCUT2D eigenvalue weighted by molar-refractivity contribution is 7.28. The number of anilines is 3. The second-order valence-electron chi connectivity index (χ2n) is 15.4. The summed E-state index contributed by atoms with van der Waals surface area (Å²) in [7, 11) is 0. The second kappa shape index (κ2) is 12.5. The summed E-state index contributed by atoms with van der Waals surface area (Å²) in [6.45, 7) is 2.40. The molecule has 0 spiro atoms. The Morgan fingerprint density at radius 1 is 0.368 bits per heavy atom. The van der Waals surface area contributed by atoms with Gasteiger partial charge in [0.1, 0.15) is 0 Å². The van der Waals surface area contributed by atoms with Crippen LogP contribution in [0.25, 0.3) is 73.4 Å². The summed E-state index contributed by atoms with van der Waals surface area (Å²) in [6.07, 6.45) is 0. The van der Waals surface area contributed by atoms with Crippen molar-refractivity contribution in [1.82, 2.24) is 0 Å². The van der Waals surface area contributed by atoms with Gasteiger partial charge in [-0.15, -0.1) is 22.7 Å². The summed E-state index contributed by atoms with van der Waals surface area (Å²) in [5.74, 6) is 0. The summed E-state index contributed by atoms with van der Waals surface area (Å²) in [6, 6.07) is 72.0. The van der Waals surface area contributed by atoms with Crippen LogP contribution >= 0.6 is 22.7 Å². The van der Waals surface area contributed by atoms with E-state index >= 15 is 0 Å². The normalized spacial score (nSPS) is 13.1. The summed E-state index contributed by atoms with van der Waals surface area (Å²) in [5.41, 5.74) is 12.2. The maximum atomic E-state index is 2.44. The maximum absolute atomic E-state index is 2.44. The van der Waals surface area contributed by atoms with E-state index in [4.69, 9.17) is 0 Å². The Kier molecular flexibility index (Phi) is 7.17. The van der Waals surface area contributed by atoms with Crippen molar-refractivity contribution in [3.05, 3.63) is 211 Å². The minimum Gasteiger partial charge on any atom is -0.310 e. The van der Waals surface area contributed by atoms with Crippen LogP contribution in [0.1, 0.15) is 23.6 Å². The molecule has 0 unspecified atom stereocenters. The fraction of sp³-hybridized carbons (Fsp3) is 0.0370. The van der Waals surface area contributed by atoms with Crippen LogP contribution in [0.3, 0.4) is 0 Å². The van der Waals surface area contributed by atoms with Gasteiger partial charge in [-0.3, -0.25) is 0 Å². The molecule has 0 amide bonds. The van der Waals surface area contributed by atoms with Crippen LogP contribution < -0.4 is 4.90 Å². The summed E-state index contributed by atoms with van der Waals surface area (Å²) >= 11 is 3.82. The van der Waals surface area contributed by atoms with Crippen molar-refractivity contribution in [2.45, 2.75) is 12.3 Å². The van der Waals surface area contributed by atoms with E-state index in [9.17, 15) is 0 Å². The smallest absolute Gasteiger partial charge is 0.0476 e. The molecule has 0 atom stereocenters. The van der Waals surface area contributed by atoms with Crippen LogP contribution in [-0.2, 0) is 5.41 Å². The zero-order valence-electron chi connectivity index (χ0n) is 31.2. The average Bonchev–Trinajstić information content (AvgIpc) is 3.93. The lowest BCUT2D eigenvalue weighted by Crippen LogP contribution is -2.23. The molecule has 268 valence electrons. The van der Waals surface area contributed by atoms with E-state index in [1.807, 2.05) is 22.7 Å². The first-order valence-electron chi connectivity index (χ1n) is 19.6. The first kappa shape index (κ1) is 32.7. The third-order valence-electron chi connectivity index (χ3n) is 12.4. The van der Waals surface area contributed by atoms with Crippen LogP contribution in [0, 0.1) is 0 Å². The largest absolute Gasteiger partial charge is 0.310 e. The van der Waals surface area contributed by atoms with Crippen LogP contribution in [0.2, 0.25) is 0 Å². The van der Waals surface area contributed by atoms with Crippen molar-refractivity contribution >= 4 is 90.9 Å². The second-order valence-corrected chi connectivity index (χ2v) is 17.5. The molecule has 0 fully saturated rings. The Morgan fingerprint density at radius 3 is 1.58 bits per heavy atom. The molecular formula is C54H35NS2. The molecule has 1 aliphatic rings. The fourth-order valence-electron chi connectivity index (χ4n) is 9.55. The zero-order valence-corrected chi connectivity index (χ0v) is 32.9. The molecule has 9 aromatic carbocycles. The number of rotatable bonds is 5. The Balaban J connectivity index is 1.04. The number of benzene rings is 9. The van der Waals surface area contributed by atoms with Crippen LogP contribution in [0.15, 0.2) is 194 Å². The van der Waals surface area contributed by atoms with E-state index in [0.29, 0.717) is 0 Å². The Morgan fingerprint density at radius 2 is 0.877 bits per heavy atom. The van der Waals surface area contributed by atoms with Crippen molar-refractivity contribution in [2.24, 2.45) is 0 Å². The van der Waals surface area contributed by atoms with E-state index < -0.39 is 0 Å². The predicted octanol–water partition coefficient (Wildman–Crippen LogP) is 16.0. The molecule has 0 bridgehead atoms. The van der Waals surface area contributed by atoms with Crippen molar-refractivity contribution in [1.29, 1.82) is 0 Å². The van der Waals surface area contributed by atoms with Crippen LogP contribution in [-0.4, -0.2) is 0 Å². The average molecular weight is 762 g/mol. The number of nitrogens with zero attached hydrogens (tertiary/aromatic N) is 1. The molecule has 1 nitrogen and oxygen atoms in total. The number of thiophene rings is 2. The minimum atomic E-state index is -0.289. The molecule has 0 N–H and O–H groups in total. The monoisotopic (exact) mass is 761 g/mol. The van der Waals surface area contributed by atoms with Gasteiger partial charge < -0.3 is 4.90 Å². The third-order valence-corrected chi connectivity index (χ3v) is 14.8. The summed E-state index contributed by atoms with van der Waals surface area (Å²) in [5, 5.41) is 7.99. The molecule has 11 aromatic rings. The molecule has 0 saturated heterocycles. The first-order valence-corrected chi connectivity index (χ1v) is 21.2. The third kappa shape index (κ3) is 4.86. The highest BCUT2D eigenvalue weighted by Gasteiger charge is 2.40. The van der Waals surface area contributed by atoms with Gasteiger partial charge in [0.05, 0.1) is 0 Å². The van der Waals surface area contributed by atoms with Crippen LogP contribution in [0.4, 0.5) is 17.1 Å². The highest BCUT2D eigenvalue weighted by atomic mass is 32.1. The van der Waals surface area contributed by atoms with Gasteiger partial charge in [-0.25, -0.2) is 0 Å². The van der Waals surface area contributed by atoms with Gasteiger partial charge in [0.15, 0.2) is 0 Å². The van der Waals surface area contributed by atoms with Gasteiger partial charge in [0.25, 0.3) is 0 Å². The summed E-state index contributed by atoms with van der Waals surface area (Å²) < 4.78 is 5.36. The van der Waals surface area contributed by atoms with Gasteiger partial charge in [0.2, 0.25) is 0 Å². The number of fused-ring (bicyclic) bond motifs is 12. The lowest BCUT2D eigenvalue weighted by Gasteiger charge is -2.31. The van der Waals surface area contributed by atoms with E-state index in [1.54, 1.807) is 0 Å². The van der Waals surface area contributed by atoms with E-state index in [1.165, 1.54) is 90.1 Å². The van der Waals surface area contributed by atoms with Crippen molar-refractivity contribution in [3.63, 3.8) is 0 Å². The molecule has 1 aliphatic carbocycles. The lowest BCUT2D eigenvalue weighted by molar-refractivity contribution is 0.714. The number of hydrogen-bond acceptors (Lipinski definition) is 3. The van der Waals surface area contributed by atoms with Crippen molar-refractivity contribution in [3.8, 4) is 22.3 Å². The predicted molar refractivity (Wildman–Crippen MR) is 247 cm³/mol. The lowest BCUT2D eigenvalue weighted by atomic mass is 9.74. The molecule has 2 heterocycles. The maximum Gasteiger partial charge on any atom is 0.0476 e. The molecule has 57 heavy (non-hydrogen) atoms. The van der Waals surface area contributed by atoms with Gasteiger partial charge in [-0.1, -0.05) is 152 Å². The minimum absolute atomic E-state index is 0.289.